The van der Waals surface area contributed by atoms with Gasteiger partial charge in [0.2, 0.25) is 0 Å². The van der Waals surface area contributed by atoms with Crippen LogP contribution in [-0.4, -0.2) is 9.13 Å². The molecule has 0 bridgehead atoms. The van der Waals surface area contributed by atoms with Gasteiger partial charge < -0.3 is 9.13 Å². The standard InChI is InChI=1S/C38H22N4/c39-23-26-22-37(27(24-40)21-32(26)25-11-2-1-3-12-25)42-35-19-9-6-15-30(35)31-16-10-20-36(38(31)42)41-33-17-7-4-13-28(33)29-14-5-8-18-34(29)41/h1-22H. The fourth-order valence-corrected chi connectivity index (χ4v) is 6.43. The van der Waals surface area contributed by atoms with Crippen LogP contribution < -0.4 is 0 Å². The second-order valence-electron chi connectivity index (χ2n) is 10.4. The number of nitriles is 2. The van der Waals surface area contributed by atoms with Crippen molar-refractivity contribution in [2.24, 2.45) is 0 Å². The molecule has 42 heavy (non-hydrogen) atoms. The summed E-state index contributed by atoms with van der Waals surface area (Å²) in [6.45, 7) is 0. The fraction of sp³-hybridized carbons (Fsp3) is 0. The number of para-hydroxylation sites is 4. The first-order valence-electron chi connectivity index (χ1n) is 13.8. The SMILES string of the molecule is N#Cc1cc(-n2c3ccccc3c3cccc(-n4c5ccccc5c5ccccc54)c32)c(C#N)cc1-c1ccccc1. The summed E-state index contributed by atoms with van der Waals surface area (Å²) in [6.07, 6.45) is 0. The van der Waals surface area contributed by atoms with Crippen molar-refractivity contribution in [3.8, 4) is 34.6 Å². The van der Waals surface area contributed by atoms with Crippen LogP contribution in [-0.2, 0) is 0 Å². The first kappa shape index (κ1) is 23.8. The summed E-state index contributed by atoms with van der Waals surface area (Å²) in [5.74, 6) is 0. The van der Waals surface area contributed by atoms with E-state index in [1.54, 1.807) is 0 Å². The van der Waals surface area contributed by atoms with E-state index in [0.29, 0.717) is 16.8 Å². The molecule has 0 atom stereocenters. The number of benzene rings is 6. The average molecular weight is 535 g/mol. The predicted molar refractivity (Wildman–Crippen MR) is 170 cm³/mol. The smallest absolute Gasteiger partial charge is 0.101 e. The summed E-state index contributed by atoms with van der Waals surface area (Å²) in [5.41, 5.74) is 8.58. The molecule has 0 aliphatic rings. The monoisotopic (exact) mass is 534 g/mol. The van der Waals surface area contributed by atoms with Gasteiger partial charge >= 0.3 is 0 Å². The second-order valence-corrected chi connectivity index (χ2v) is 10.4. The molecule has 2 aromatic heterocycles. The molecule has 4 heteroatoms. The highest BCUT2D eigenvalue weighted by atomic mass is 15.1. The summed E-state index contributed by atoms with van der Waals surface area (Å²) in [4.78, 5) is 0. The topological polar surface area (TPSA) is 57.4 Å². The van der Waals surface area contributed by atoms with Gasteiger partial charge in [-0.1, -0.05) is 97.1 Å². The van der Waals surface area contributed by atoms with Gasteiger partial charge in [0.05, 0.1) is 50.6 Å². The Balaban J connectivity index is 1.54. The number of fused-ring (bicyclic) bond motifs is 6. The quantitative estimate of drug-likeness (QED) is 0.227. The van der Waals surface area contributed by atoms with Crippen molar-refractivity contribution >= 4 is 43.6 Å². The average Bonchev–Trinajstić information content (AvgIpc) is 3.58. The Hall–Kier alpha value is -6.10. The minimum Gasteiger partial charge on any atom is -0.307 e. The molecule has 0 fully saturated rings. The minimum absolute atomic E-state index is 0.507. The highest BCUT2D eigenvalue weighted by Gasteiger charge is 2.22. The van der Waals surface area contributed by atoms with Gasteiger partial charge in [-0.05, 0) is 42.0 Å². The summed E-state index contributed by atoms with van der Waals surface area (Å²) >= 11 is 0. The third kappa shape index (κ3) is 3.33. The Bertz CT molecular complexity index is 2380. The van der Waals surface area contributed by atoms with E-state index >= 15 is 0 Å². The van der Waals surface area contributed by atoms with Crippen LogP contribution in [0.25, 0.3) is 66.1 Å². The Labute approximate surface area is 242 Å². The molecule has 0 N–H and O–H groups in total. The first-order chi connectivity index (χ1) is 20.8. The molecule has 0 spiro atoms. The Morgan fingerprint density at radius 3 is 1.57 bits per heavy atom. The second kappa shape index (κ2) is 9.24. The third-order valence-corrected chi connectivity index (χ3v) is 8.20. The number of rotatable bonds is 3. The normalized spacial score (nSPS) is 11.3. The van der Waals surface area contributed by atoms with E-state index < -0.39 is 0 Å². The van der Waals surface area contributed by atoms with Crippen LogP contribution in [0.5, 0.6) is 0 Å². The molecule has 4 nitrogen and oxygen atoms in total. The van der Waals surface area contributed by atoms with Crippen molar-refractivity contribution in [2.75, 3.05) is 0 Å². The van der Waals surface area contributed by atoms with Crippen LogP contribution in [0.4, 0.5) is 0 Å². The van der Waals surface area contributed by atoms with Gasteiger partial charge in [-0.15, -0.1) is 0 Å². The van der Waals surface area contributed by atoms with Crippen molar-refractivity contribution in [1.82, 2.24) is 9.13 Å². The van der Waals surface area contributed by atoms with Gasteiger partial charge in [0.1, 0.15) is 6.07 Å². The molecule has 0 saturated heterocycles. The van der Waals surface area contributed by atoms with Crippen LogP contribution >= 0.6 is 0 Å². The van der Waals surface area contributed by atoms with Gasteiger partial charge in [0, 0.05) is 27.1 Å². The van der Waals surface area contributed by atoms with Crippen molar-refractivity contribution in [2.45, 2.75) is 0 Å². The maximum absolute atomic E-state index is 10.5. The Kier molecular flexibility index (Phi) is 5.22. The van der Waals surface area contributed by atoms with Gasteiger partial charge in [-0.3, -0.25) is 0 Å². The third-order valence-electron chi connectivity index (χ3n) is 8.20. The van der Waals surface area contributed by atoms with Gasteiger partial charge in [0.15, 0.2) is 0 Å². The number of hydrogen-bond acceptors (Lipinski definition) is 2. The lowest BCUT2D eigenvalue weighted by Crippen LogP contribution is -2.03. The molecule has 0 aliphatic heterocycles. The van der Waals surface area contributed by atoms with Crippen molar-refractivity contribution in [3.05, 3.63) is 145 Å². The Morgan fingerprint density at radius 1 is 0.429 bits per heavy atom. The van der Waals surface area contributed by atoms with Gasteiger partial charge in [0.25, 0.3) is 0 Å². The van der Waals surface area contributed by atoms with Gasteiger partial charge in [-0.25, -0.2) is 0 Å². The molecule has 2 heterocycles. The van der Waals surface area contributed by atoms with Gasteiger partial charge in [-0.2, -0.15) is 10.5 Å². The lowest BCUT2D eigenvalue weighted by atomic mass is 9.96. The minimum atomic E-state index is 0.507. The first-order valence-corrected chi connectivity index (χ1v) is 13.8. The van der Waals surface area contributed by atoms with E-state index in [1.807, 2.05) is 54.6 Å². The summed E-state index contributed by atoms with van der Waals surface area (Å²) < 4.78 is 4.48. The number of nitrogens with zero attached hydrogens (tertiary/aromatic N) is 4. The van der Waals surface area contributed by atoms with Crippen molar-refractivity contribution < 1.29 is 0 Å². The number of aromatic nitrogens is 2. The molecule has 0 radical (unpaired) electrons. The van der Waals surface area contributed by atoms with Crippen LogP contribution in [0, 0.1) is 22.7 Å². The number of hydrogen-bond donors (Lipinski definition) is 0. The lowest BCUT2D eigenvalue weighted by molar-refractivity contribution is 1.12. The largest absolute Gasteiger partial charge is 0.307 e. The van der Waals surface area contributed by atoms with Crippen LogP contribution in [0.1, 0.15) is 11.1 Å². The van der Waals surface area contributed by atoms with Crippen LogP contribution in [0.3, 0.4) is 0 Å². The zero-order chi connectivity index (χ0) is 28.2. The predicted octanol–water partition coefficient (Wildman–Crippen LogP) is 9.29. The van der Waals surface area contributed by atoms with Crippen LogP contribution in [0.15, 0.2) is 133 Å². The van der Waals surface area contributed by atoms with Crippen molar-refractivity contribution in [3.63, 3.8) is 0 Å². The summed E-state index contributed by atoms with van der Waals surface area (Å²) in [6, 6.07) is 50.0. The highest BCUT2D eigenvalue weighted by molar-refractivity contribution is 6.15. The molecular formula is C38H22N4. The molecular weight excluding hydrogens is 512 g/mol. The molecule has 0 aliphatic carbocycles. The van der Waals surface area contributed by atoms with E-state index in [4.69, 9.17) is 0 Å². The summed E-state index contributed by atoms with van der Waals surface area (Å²) in [5, 5.41) is 25.3. The molecule has 0 saturated carbocycles. The zero-order valence-corrected chi connectivity index (χ0v) is 22.5. The molecule has 194 valence electrons. The van der Waals surface area contributed by atoms with E-state index in [-0.39, 0.29) is 0 Å². The molecule has 0 amide bonds. The lowest BCUT2D eigenvalue weighted by Gasteiger charge is -2.16. The maximum Gasteiger partial charge on any atom is 0.101 e. The fourth-order valence-electron chi connectivity index (χ4n) is 6.43. The molecule has 8 rings (SSSR count). The maximum atomic E-state index is 10.5. The van der Waals surface area contributed by atoms with Crippen LogP contribution in [0.2, 0.25) is 0 Å². The van der Waals surface area contributed by atoms with E-state index in [9.17, 15) is 10.5 Å². The van der Waals surface area contributed by atoms with E-state index in [0.717, 1.165) is 49.7 Å². The molecule has 8 aromatic rings. The highest BCUT2D eigenvalue weighted by Crippen LogP contribution is 2.40. The molecule has 6 aromatic carbocycles. The van der Waals surface area contributed by atoms with E-state index in [1.165, 1.54) is 10.8 Å². The molecule has 0 unspecified atom stereocenters. The summed E-state index contributed by atoms with van der Waals surface area (Å²) in [7, 11) is 0. The zero-order valence-electron chi connectivity index (χ0n) is 22.5. The Morgan fingerprint density at radius 2 is 0.952 bits per heavy atom. The van der Waals surface area contributed by atoms with Crippen molar-refractivity contribution in [1.29, 1.82) is 10.5 Å². The van der Waals surface area contributed by atoms with E-state index in [2.05, 4.69) is 100 Å².